The molecule has 1 nitrogen and oxygen atoms in total. The van der Waals surface area contributed by atoms with Crippen molar-refractivity contribution in [3.05, 3.63) is 182 Å². The van der Waals surface area contributed by atoms with E-state index in [1.807, 2.05) is 84.9 Å². The van der Waals surface area contributed by atoms with E-state index in [4.69, 9.17) is 18.1 Å². The van der Waals surface area contributed by atoms with Crippen molar-refractivity contribution in [2.24, 2.45) is 0 Å². The van der Waals surface area contributed by atoms with Gasteiger partial charge in [0.1, 0.15) is 11.2 Å². The van der Waals surface area contributed by atoms with Crippen molar-refractivity contribution in [2.75, 3.05) is 0 Å². The van der Waals surface area contributed by atoms with Crippen LogP contribution < -0.4 is 0 Å². The van der Waals surface area contributed by atoms with Gasteiger partial charge >= 0.3 is 0 Å². The topological polar surface area (TPSA) is 13.1 Å². The summed E-state index contributed by atoms with van der Waals surface area (Å²) in [6, 6.07) is 18.3. The average molecular weight is 662 g/mol. The molecule has 0 aliphatic rings. The third-order valence-corrected chi connectivity index (χ3v) is 9.77. The van der Waals surface area contributed by atoms with Gasteiger partial charge in [-0.3, -0.25) is 0 Å². The van der Waals surface area contributed by atoms with Crippen LogP contribution in [-0.4, -0.2) is 0 Å². The number of furan rings is 1. The van der Waals surface area contributed by atoms with Crippen LogP contribution in [-0.2, 0) is 0 Å². The van der Waals surface area contributed by atoms with Crippen molar-refractivity contribution in [3.8, 4) is 33.4 Å². The number of hydrogen-bond donors (Lipinski definition) is 0. The van der Waals surface area contributed by atoms with Gasteiger partial charge in [-0.1, -0.05) is 163 Å². The minimum absolute atomic E-state index is 0.00279. The second kappa shape index (κ2) is 10.9. The van der Waals surface area contributed by atoms with Gasteiger partial charge in [0.2, 0.25) is 0 Å². The summed E-state index contributed by atoms with van der Waals surface area (Å²) in [4.78, 5) is 0. The van der Waals surface area contributed by atoms with E-state index < -0.39 is 107 Å². The molecule has 0 spiro atoms. The highest BCUT2D eigenvalue weighted by Gasteiger charge is 2.22. The highest BCUT2D eigenvalue weighted by atomic mass is 16.3. The quantitative estimate of drug-likeness (QED) is 0.172. The van der Waals surface area contributed by atoms with E-state index in [0.717, 1.165) is 26.9 Å². The first-order valence-corrected chi connectivity index (χ1v) is 16.4. The summed E-state index contributed by atoms with van der Waals surface area (Å²) >= 11 is 0. The third kappa shape index (κ3) is 4.16. The third-order valence-electron chi connectivity index (χ3n) is 9.77. The number of hydrogen-bond acceptors (Lipinski definition) is 1. The molecule has 0 bridgehead atoms. The Morgan fingerprint density at radius 2 is 0.922 bits per heavy atom. The molecule has 0 radical (unpaired) electrons. The molecule has 51 heavy (non-hydrogen) atoms. The second-order valence-electron chi connectivity index (χ2n) is 12.4. The Morgan fingerprint density at radius 3 is 1.65 bits per heavy atom. The van der Waals surface area contributed by atoms with Crippen LogP contribution in [0, 0.1) is 0 Å². The largest absolute Gasteiger partial charge is 0.455 e. The lowest BCUT2D eigenvalue weighted by atomic mass is 9.82. The molecule has 0 unspecified atom stereocenters. The van der Waals surface area contributed by atoms with Crippen molar-refractivity contribution in [1.29, 1.82) is 0 Å². The van der Waals surface area contributed by atoms with Gasteiger partial charge in [-0.15, -0.1) is 0 Å². The van der Waals surface area contributed by atoms with Crippen LogP contribution in [0.15, 0.2) is 186 Å². The molecule has 0 saturated carbocycles. The van der Waals surface area contributed by atoms with Gasteiger partial charge in [-0.05, 0) is 99.9 Å². The van der Waals surface area contributed by atoms with Crippen molar-refractivity contribution in [2.45, 2.75) is 0 Å². The van der Waals surface area contributed by atoms with E-state index in [1.165, 1.54) is 0 Å². The van der Waals surface area contributed by atoms with Gasteiger partial charge in [0.15, 0.2) is 0 Å². The maximum absolute atomic E-state index is 9.68. The highest BCUT2D eigenvalue weighted by molar-refractivity contribution is 6.26. The van der Waals surface area contributed by atoms with Crippen LogP contribution in [0.4, 0.5) is 0 Å². The Kier molecular flexibility index (Phi) is 3.70. The molecular formula is C50H30O. The summed E-state index contributed by atoms with van der Waals surface area (Å²) in [6.45, 7) is 0. The fourth-order valence-corrected chi connectivity index (χ4v) is 7.59. The Hall–Kier alpha value is -6.70. The lowest BCUT2D eigenvalue weighted by molar-refractivity contribution is 0.670. The summed E-state index contributed by atoms with van der Waals surface area (Å²) in [6.07, 6.45) is 0. The maximum atomic E-state index is 9.68. The number of benzene rings is 10. The van der Waals surface area contributed by atoms with E-state index in [0.29, 0.717) is 33.2 Å². The average Bonchev–Trinajstić information content (AvgIpc) is 3.72. The van der Waals surface area contributed by atoms with Crippen molar-refractivity contribution < 1.29 is 25.0 Å². The zero-order chi connectivity index (χ0) is 46.5. The number of para-hydroxylation sites is 1. The van der Waals surface area contributed by atoms with E-state index in [-0.39, 0.29) is 32.7 Å². The highest BCUT2D eigenvalue weighted by Crippen LogP contribution is 2.49. The Bertz CT molecular complexity index is 3970. The van der Waals surface area contributed by atoms with Crippen LogP contribution in [0.2, 0.25) is 0 Å². The lowest BCUT2D eigenvalue weighted by Crippen LogP contribution is -1.94. The summed E-state index contributed by atoms with van der Waals surface area (Å²) in [5.41, 5.74) is 1.66. The first-order valence-electron chi connectivity index (χ1n) is 23.9. The van der Waals surface area contributed by atoms with E-state index in [9.17, 15) is 6.85 Å². The number of rotatable bonds is 3. The minimum Gasteiger partial charge on any atom is -0.455 e. The molecule has 1 heteroatoms. The van der Waals surface area contributed by atoms with Crippen LogP contribution in [0.25, 0.3) is 109 Å². The summed E-state index contributed by atoms with van der Waals surface area (Å²) in [5, 5.41) is 3.18. The van der Waals surface area contributed by atoms with Gasteiger partial charge in [0.05, 0.1) is 20.6 Å². The molecule has 0 fully saturated rings. The molecule has 1 aromatic heterocycles. The van der Waals surface area contributed by atoms with Gasteiger partial charge in [-0.2, -0.15) is 0 Å². The van der Waals surface area contributed by atoms with Crippen molar-refractivity contribution >= 4 is 75.8 Å². The molecule has 0 aliphatic carbocycles. The monoisotopic (exact) mass is 661 g/mol. The molecule has 236 valence electrons. The first kappa shape index (κ1) is 17.3. The van der Waals surface area contributed by atoms with Gasteiger partial charge in [-0.25, -0.2) is 0 Å². The van der Waals surface area contributed by atoms with E-state index in [2.05, 4.69) is 0 Å². The Morgan fingerprint density at radius 1 is 0.353 bits per heavy atom. The van der Waals surface area contributed by atoms with Crippen LogP contribution in [0.5, 0.6) is 0 Å². The van der Waals surface area contributed by atoms with Gasteiger partial charge < -0.3 is 4.42 Å². The van der Waals surface area contributed by atoms with Crippen LogP contribution in [0.3, 0.4) is 0 Å². The van der Waals surface area contributed by atoms with Crippen LogP contribution in [0.1, 0.15) is 20.6 Å². The summed E-state index contributed by atoms with van der Waals surface area (Å²) < 4.78 is 144. The molecule has 1 heterocycles. The molecule has 11 aromatic rings. The standard InChI is InChI=1S/C50H30O/c1-2-16-34-30-45(44(29-33(34)15-1)42-25-12-26-43-49-36-19-6-4-14-32(36)27-28-46(49)51-50(42)43)48-40-22-9-7-20-38(40)47(39-21-8-10-23-41(39)48)37-24-11-17-31-13-3-5-18-35(31)37/h1-30H/i3D,5D,7D,8D,9D,10D,11D,13D,17D,18D,20D,21D,22D,23D,24D. The smallest absolute Gasteiger partial charge is 0.143 e. The molecule has 0 aliphatic heterocycles. The lowest BCUT2D eigenvalue weighted by Gasteiger charge is -2.21. The first-order chi connectivity index (χ1) is 31.5. The Balaban J connectivity index is 1.43. The Labute approximate surface area is 315 Å². The van der Waals surface area contributed by atoms with Crippen LogP contribution >= 0.6 is 0 Å². The molecule has 0 saturated heterocycles. The predicted octanol–water partition coefficient (Wildman–Crippen LogP) is 14.4. The maximum Gasteiger partial charge on any atom is 0.143 e. The van der Waals surface area contributed by atoms with E-state index in [1.54, 1.807) is 6.07 Å². The molecule has 0 amide bonds. The summed E-state index contributed by atoms with van der Waals surface area (Å²) in [5.74, 6) is 0. The second-order valence-corrected chi connectivity index (χ2v) is 12.4. The van der Waals surface area contributed by atoms with Gasteiger partial charge in [0.25, 0.3) is 0 Å². The van der Waals surface area contributed by atoms with E-state index >= 15 is 0 Å². The summed E-state index contributed by atoms with van der Waals surface area (Å²) in [7, 11) is 0. The molecule has 0 N–H and O–H groups in total. The molecule has 10 aromatic carbocycles. The number of fused-ring (bicyclic) bond motifs is 9. The zero-order valence-electron chi connectivity index (χ0n) is 41.6. The van der Waals surface area contributed by atoms with Crippen molar-refractivity contribution in [1.82, 2.24) is 0 Å². The minimum atomic E-state index is -0.766. The van der Waals surface area contributed by atoms with Crippen molar-refractivity contribution in [3.63, 3.8) is 0 Å². The molecular weight excluding hydrogens is 617 g/mol. The molecule has 11 rings (SSSR count). The fourth-order valence-electron chi connectivity index (χ4n) is 7.59. The fraction of sp³-hybridized carbons (Fsp3) is 0. The SMILES string of the molecule is [2H]c1c([2H])c([2H])c2c(-c3c4c([2H])c([2H])c([2H])c([2H])c4c(-c4cc5ccccc5cc4-c4cccc5c4oc4ccc6ccccc6c45)c4c([2H])c([2H])c([2H])c([2H])c34)c([2H])c([2H])c([2H])c2c1[2H]. The molecule has 0 atom stereocenters. The normalized spacial score (nSPS) is 16.0. The van der Waals surface area contributed by atoms with Gasteiger partial charge in [0, 0.05) is 16.3 Å². The zero-order valence-corrected chi connectivity index (χ0v) is 26.6. The predicted molar refractivity (Wildman–Crippen MR) is 218 cm³/mol.